The zero-order valence-electron chi connectivity index (χ0n) is 17.9. The summed E-state index contributed by atoms with van der Waals surface area (Å²) in [5.74, 6) is 1.42. The average Bonchev–Trinajstić information content (AvgIpc) is 2.72. The summed E-state index contributed by atoms with van der Waals surface area (Å²) in [7, 11) is 3.37. The summed E-state index contributed by atoms with van der Waals surface area (Å²) in [4.78, 5) is 22.0. The highest BCUT2D eigenvalue weighted by molar-refractivity contribution is 5.78. The van der Waals surface area contributed by atoms with Gasteiger partial charge in [0.15, 0.2) is 0 Å². The summed E-state index contributed by atoms with van der Waals surface area (Å²) in [5.41, 5.74) is 1.05. The van der Waals surface area contributed by atoms with Gasteiger partial charge in [-0.1, -0.05) is 65.0 Å². The number of benzene rings is 1. The van der Waals surface area contributed by atoms with Crippen LogP contribution in [0.4, 0.5) is 0 Å². The lowest BCUT2D eigenvalue weighted by Crippen LogP contribution is -2.30. The maximum absolute atomic E-state index is 11.2. The monoisotopic (exact) mass is 364 g/mol. The largest absolute Gasteiger partial charge is 0.359 e. The van der Waals surface area contributed by atoms with Gasteiger partial charge in [0.05, 0.1) is 6.42 Å². The molecule has 2 rings (SSSR count). The van der Waals surface area contributed by atoms with Gasteiger partial charge in [-0.25, -0.2) is 0 Å². The molecule has 0 aliphatic heterocycles. The Morgan fingerprint density at radius 3 is 1.81 bits per heavy atom. The van der Waals surface area contributed by atoms with Gasteiger partial charge >= 0.3 is 0 Å². The van der Waals surface area contributed by atoms with Crippen molar-refractivity contribution in [3.05, 3.63) is 35.9 Å². The zero-order chi connectivity index (χ0) is 20.4. The van der Waals surface area contributed by atoms with E-state index in [0.717, 1.165) is 24.3 Å². The molecular weight excluding hydrogens is 324 g/mol. The summed E-state index contributed by atoms with van der Waals surface area (Å²) >= 11 is 0. The Balaban J connectivity index is 0. The van der Waals surface area contributed by atoms with Crippen molar-refractivity contribution in [1.29, 1.82) is 0 Å². The third-order valence-electron chi connectivity index (χ3n) is 4.12. The minimum Gasteiger partial charge on any atom is -0.359 e. The molecule has 4 nitrogen and oxygen atoms in total. The van der Waals surface area contributed by atoms with Gasteiger partial charge in [0.2, 0.25) is 11.8 Å². The van der Waals surface area contributed by atoms with Gasteiger partial charge in [0.1, 0.15) is 0 Å². The highest BCUT2D eigenvalue weighted by atomic mass is 16.2. The first-order valence-corrected chi connectivity index (χ1v) is 10.0. The van der Waals surface area contributed by atoms with E-state index in [1.54, 1.807) is 14.1 Å². The van der Waals surface area contributed by atoms with Crippen molar-refractivity contribution in [3.63, 3.8) is 0 Å². The summed E-state index contributed by atoms with van der Waals surface area (Å²) in [6, 6.07) is 9.67. The van der Waals surface area contributed by atoms with Crippen molar-refractivity contribution in [2.24, 2.45) is 11.8 Å². The Hall–Kier alpha value is -1.84. The molecule has 0 radical (unpaired) electrons. The van der Waals surface area contributed by atoms with Crippen LogP contribution in [0.3, 0.4) is 0 Å². The number of nitrogens with one attached hydrogen (secondary N) is 2. The Bertz CT molecular complexity index is 452. The maximum Gasteiger partial charge on any atom is 0.224 e. The van der Waals surface area contributed by atoms with Crippen molar-refractivity contribution in [1.82, 2.24) is 10.6 Å². The third kappa shape index (κ3) is 12.5. The summed E-state index contributed by atoms with van der Waals surface area (Å²) < 4.78 is 0. The molecule has 0 atom stereocenters. The van der Waals surface area contributed by atoms with Crippen LogP contribution in [0.5, 0.6) is 0 Å². The predicted octanol–water partition coefficient (Wildman–Crippen LogP) is 4.59. The molecule has 4 heteroatoms. The second-order valence-electron chi connectivity index (χ2n) is 5.91. The third-order valence-corrected chi connectivity index (χ3v) is 4.12. The molecule has 0 spiro atoms. The molecule has 0 saturated heterocycles. The van der Waals surface area contributed by atoms with Crippen molar-refractivity contribution >= 4 is 11.8 Å². The first kappa shape index (κ1) is 26.4. The van der Waals surface area contributed by atoms with E-state index >= 15 is 0 Å². The number of hydrogen-bond donors (Lipinski definition) is 2. The smallest absolute Gasteiger partial charge is 0.224 e. The van der Waals surface area contributed by atoms with Crippen LogP contribution in [0.1, 0.15) is 65.9 Å². The molecule has 26 heavy (non-hydrogen) atoms. The van der Waals surface area contributed by atoms with Crippen LogP contribution in [-0.2, 0) is 16.0 Å². The highest BCUT2D eigenvalue weighted by Gasteiger charge is 2.22. The molecule has 1 aromatic rings. The fourth-order valence-electron chi connectivity index (χ4n) is 2.60. The molecule has 0 unspecified atom stereocenters. The van der Waals surface area contributed by atoms with E-state index in [4.69, 9.17) is 0 Å². The fourth-order valence-corrected chi connectivity index (χ4v) is 2.60. The van der Waals surface area contributed by atoms with E-state index < -0.39 is 0 Å². The molecule has 150 valence electrons. The molecule has 2 N–H and O–H groups in total. The number of carbonyl (C=O) groups is 2. The molecule has 1 saturated carbocycles. The first-order valence-electron chi connectivity index (χ1n) is 10.0. The quantitative estimate of drug-likeness (QED) is 0.824. The van der Waals surface area contributed by atoms with Crippen LogP contribution < -0.4 is 10.6 Å². The van der Waals surface area contributed by atoms with Gasteiger partial charge in [-0.05, 0) is 37.2 Å². The molecule has 0 bridgehead atoms. The van der Waals surface area contributed by atoms with Gasteiger partial charge in [-0.3, -0.25) is 9.59 Å². The lowest BCUT2D eigenvalue weighted by Gasteiger charge is -2.24. The predicted molar refractivity (Wildman–Crippen MR) is 112 cm³/mol. The zero-order valence-corrected chi connectivity index (χ0v) is 17.9. The Labute approximate surface area is 161 Å². The van der Waals surface area contributed by atoms with Crippen LogP contribution >= 0.6 is 0 Å². The van der Waals surface area contributed by atoms with E-state index in [9.17, 15) is 9.59 Å². The molecule has 1 fully saturated rings. The van der Waals surface area contributed by atoms with E-state index in [-0.39, 0.29) is 11.8 Å². The second kappa shape index (κ2) is 18.0. The Morgan fingerprint density at radius 1 is 0.885 bits per heavy atom. The Morgan fingerprint density at radius 2 is 1.38 bits per heavy atom. The average molecular weight is 365 g/mol. The fraction of sp³-hybridized carbons (Fsp3) is 0.636. The molecule has 2 amide bonds. The SMILES string of the molecule is CC.CC.CNC(=O)C1CCC(C)CC1.CNC(=O)Cc1ccccc1. The highest BCUT2D eigenvalue weighted by Crippen LogP contribution is 2.27. The standard InChI is InChI=1S/C9H17NO.C9H11NO.2C2H6/c1-7-3-5-8(6-4-7)9(11)10-2;1-10-9(11)7-8-5-3-2-4-6-8;2*1-2/h7-8H,3-6H2,1-2H3,(H,10,11);2-6H,7H2,1H3,(H,10,11);2*1-2H3. The number of rotatable bonds is 3. The van der Waals surface area contributed by atoms with Crippen LogP contribution in [0.25, 0.3) is 0 Å². The van der Waals surface area contributed by atoms with Crippen LogP contribution in [0, 0.1) is 11.8 Å². The van der Waals surface area contributed by atoms with E-state index in [0.29, 0.717) is 12.3 Å². The summed E-state index contributed by atoms with van der Waals surface area (Å²) in [6.07, 6.45) is 5.08. The molecular formula is C22H40N2O2. The number of likely N-dealkylation sites (N-methyl/N-ethyl adjacent to an activating group) is 1. The van der Waals surface area contributed by atoms with Gasteiger partial charge < -0.3 is 10.6 Å². The lowest BCUT2D eigenvalue weighted by atomic mass is 9.83. The summed E-state index contributed by atoms with van der Waals surface area (Å²) in [6.45, 7) is 10.3. The van der Waals surface area contributed by atoms with E-state index in [1.165, 1.54) is 12.8 Å². The minimum atomic E-state index is 0.0520. The number of carbonyl (C=O) groups excluding carboxylic acids is 2. The van der Waals surface area contributed by atoms with Gasteiger partial charge in [-0.2, -0.15) is 0 Å². The number of amides is 2. The number of hydrogen-bond acceptors (Lipinski definition) is 2. The molecule has 1 aliphatic carbocycles. The van der Waals surface area contributed by atoms with Crippen molar-refractivity contribution in [3.8, 4) is 0 Å². The van der Waals surface area contributed by atoms with Crippen molar-refractivity contribution < 1.29 is 9.59 Å². The van der Waals surface area contributed by atoms with Gasteiger partial charge in [-0.15, -0.1) is 0 Å². The normalized spacial score (nSPS) is 17.7. The van der Waals surface area contributed by atoms with E-state index in [1.807, 2.05) is 58.0 Å². The van der Waals surface area contributed by atoms with Crippen LogP contribution in [-0.4, -0.2) is 25.9 Å². The Kier molecular flexibility index (Phi) is 18.2. The summed E-state index contributed by atoms with van der Waals surface area (Å²) in [5, 5.41) is 5.29. The van der Waals surface area contributed by atoms with Crippen molar-refractivity contribution in [2.45, 2.75) is 66.7 Å². The van der Waals surface area contributed by atoms with Crippen molar-refractivity contribution in [2.75, 3.05) is 14.1 Å². The maximum atomic E-state index is 11.2. The molecule has 0 aromatic heterocycles. The van der Waals surface area contributed by atoms with E-state index in [2.05, 4.69) is 17.6 Å². The van der Waals surface area contributed by atoms with Gasteiger partial charge in [0, 0.05) is 20.0 Å². The van der Waals surface area contributed by atoms with Crippen LogP contribution in [0.2, 0.25) is 0 Å². The minimum absolute atomic E-state index is 0.0520. The second-order valence-corrected chi connectivity index (χ2v) is 5.91. The van der Waals surface area contributed by atoms with Crippen LogP contribution in [0.15, 0.2) is 30.3 Å². The lowest BCUT2D eigenvalue weighted by molar-refractivity contribution is -0.125. The topological polar surface area (TPSA) is 58.2 Å². The first-order chi connectivity index (χ1) is 12.6. The molecule has 1 aromatic carbocycles. The molecule has 0 heterocycles. The van der Waals surface area contributed by atoms with Gasteiger partial charge in [0.25, 0.3) is 0 Å². The molecule has 1 aliphatic rings.